The van der Waals surface area contributed by atoms with Crippen molar-refractivity contribution >= 4 is 46.2 Å². The number of nitrogens with one attached hydrogen (secondary N) is 1. The molecule has 5 nitrogen and oxygen atoms in total. The summed E-state index contributed by atoms with van der Waals surface area (Å²) in [6.45, 7) is 0.546. The third-order valence-electron chi connectivity index (χ3n) is 4.84. The van der Waals surface area contributed by atoms with Gasteiger partial charge >= 0.3 is 0 Å². The Morgan fingerprint density at radius 2 is 1.87 bits per heavy atom. The number of aromatic nitrogens is 1. The van der Waals surface area contributed by atoms with Crippen LogP contribution in [0.3, 0.4) is 0 Å². The number of nitrogens with zero attached hydrogens (tertiary/aromatic N) is 3. The number of para-hydroxylation sites is 1. The number of hydrogen-bond donors (Lipinski definition) is 1. The van der Waals surface area contributed by atoms with Crippen molar-refractivity contribution in [2.24, 2.45) is 5.10 Å². The molecule has 0 radical (unpaired) electrons. The zero-order valence-electron chi connectivity index (χ0n) is 16.2. The van der Waals surface area contributed by atoms with E-state index in [9.17, 15) is 10.1 Å². The third-order valence-corrected chi connectivity index (χ3v) is 5.39. The normalized spacial score (nSPS) is 11.0. The van der Waals surface area contributed by atoms with Gasteiger partial charge in [0.2, 0.25) is 0 Å². The molecule has 1 N–H and O–H groups in total. The minimum absolute atomic E-state index is 0.257. The lowest BCUT2D eigenvalue weighted by Crippen LogP contribution is -2.18. The summed E-state index contributed by atoms with van der Waals surface area (Å²) >= 11 is 12.0. The van der Waals surface area contributed by atoms with E-state index in [2.05, 4.69) is 21.2 Å². The molecule has 0 saturated heterocycles. The Morgan fingerprint density at radius 3 is 2.68 bits per heavy atom. The highest BCUT2D eigenvalue weighted by Gasteiger charge is 2.11. The van der Waals surface area contributed by atoms with Crippen LogP contribution in [0.15, 0.2) is 78.0 Å². The maximum atomic E-state index is 12.4. The van der Waals surface area contributed by atoms with Crippen molar-refractivity contribution < 1.29 is 4.79 Å². The Bertz CT molecular complexity index is 1350. The maximum Gasteiger partial charge on any atom is 0.272 e. The molecule has 1 heterocycles. The Kier molecular flexibility index (Phi) is 6.03. The van der Waals surface area contributed by atoms with Gasteiger partial charge in [-0.2, -0.15) is 10.4 Å². The van der Waals surface area contributed by atoms with Gasteiger partial charge in [0, 0.05) is 34.2 Å². The Labute approximate surface area is 189 Å². The molecule has 0 fully saturated rings. The molecule has 0 bridgehead atoms. The number of amides is 1. The van der Waals surface area contributed by atoms with Crippen LogP contribution in [-0.4, -0.2) is 16.7 Å². The van der Waals surface area contributed by atoms with E-state index in [-0.39, 0.29) is 5.02 Å². The molecule has 0 aliphatic heterocycles. The van der Waals surface area contributed by atoms with E-state index in [0.29, 0.717) is 22.7 Å². The highest BCUT2D eigenvalue weighted by atomic mass is 35.5. The second-order valence-electron chi connectivity index (χ2n) is 6.82. The topological polar surface area (TPSA) is 70.2 Å². The molecule has 7 heteroatoms. The molecule has 0 unspecified atom stereocenters. The number of fused-ring (bicyclic) bond motifs is 1. The van der Waals surface area contributed by atoms with E-state index >= 15 is 0 Å². The zero-order chi connectivity index (χ0) is 21.8. The van der Waals surface area contributed by atoms with Crippen LogP contribution >= 0.6 is 23.2 Å². The van der Waals surface area contributed by atoms with E-state index in [4.69, 9.17) is 23.2 Å². The van der Waals surface area contributed by atoms with E-state index < -0.39 is 5.91 Å². The van der Waals surface area contributed by atoms with Gasteiger partial charge in [0.25, 0.3) is 5.91 Å². The van der Waals surface area contributed by atoms with Gasteiger partial charge in [0.15, 0.2) is 0 Å². The van der Waals surface area contributed by atoms with Gasteiger partial charge in [0.05, 0.1) is 28.4 Å². The van der Waals surface area contributed by atoms with Crippen LogP contribution in [0, 0.1) is 11.3 Å². The lowest BCUT2D eigenvalue weighted by atomic mass is 10.1. The fraction of sp³-hybridized carbons (Fsp3) is 0.0417. The first-order valence-electron chi connectivity index (χ1n) is 9.41. The van der Waals surface area contributed by atoms with E-state index in [1.54, 1.807) is 24.4 Å². The van der Waals surface area contributed by atoms with E-state index in [0.717, 1.165) is 22.0 Å². The average molecular weight is 447 g/mol. The zero-order valence-corrected chi connectivity index (χ0v) is 17.7. The SMILES string of the molecule is N#Cc1ccccc1Cn1cc(C=NNC(=O)c2ccc(Cl)cc2Cl)c2ccccc21. The summed E-state index contributed by atoms with van der Waals surface area (Å²) in [6.07, 6.45) is 3.54. The third kappa shape index (κ3) is 4.46. The van der Waals surface area contributed by atoms with Crippen LogP contribution in [-0.2, 0) is 6.54 Å². The molecule has 0 aliphatic carbocycles. The number of hydrazone groups is 1. The van der Waals surface area contributed by atoms with Crippen molar-refractivity contribution in [1.29, 1.82) is 5.26 Å². The fourth-order valence-corrected chi connectivity index (χ4v) is 3.85. The molecule has 1 aromatic heterocycles. The Balaban J connectivity index is 1.60. The number of hydrogen-bond acceptors (Lipinski definition) is 3. The molecule has 3 aromatic carbocycles. The summed E-state index contributed by atoms with van der Waals surface area (Å²) in [6, 6.07) is 22.3. The lowest BCUT2D eigenvalue weighted by Gasteiger charge is -2.07. The molecule has 0 aliphatic rings. The molecule has 1 amide bonds. The predicted octanol–water partition coefficient (Wildman–Crippen LogP) is 5.63. The van der Waals surface area contributed by atoms with Gasteiger partial charge in [-0.1, -0.05) is 59.6 Å². The standard InChI is InChI=1S/C24H16Cl2N4O/c25-19-9-10-21(22(26)11-19)24(31)29-28-13-18-15-30(23-8-4-3-7-20(18)23)14-17-6-2-1-5-16(17)12-27/h1-11,13,15H,14H2,(H,29,31). The molecule has 152 valence electrons. The summed E-state index contributed by atoms with van der Waals surface area (Å²) in [5, 5.41) is 15.2. The van der Waals surface area contributed by atoms with Gasteiger partial charge in [-0.3, -0.25) is 4.79 Å². The first kappa shape index (κ1) is 20.7. The second-order valence-corrected chi connectivity index (χ2v) is 7.67. The number of benzene rings is 3. The van der Waals surface area contributed by atoms with Crippen LogP contribution < -0.4 is 5.43 Å². The molecule has 4 aromatic rings. The number of halogens is 2. The number of rotatable bonds is 5. The monoisotopic (exact) mass is 446 g/mol. The molecular weight excluding hydrogens is 431 g/mol. The van der Waals surface area contributed by atoms with Crippen LogP contribution in [0.5, 0.6) is 0 Å². The summed E-state index contributed by atoms with van der Waals surface area (Å²) in [4.78, 5) is 12.4. The fourth-order valence-electron chi connectivity index (χ4n) is 3.35. The molecule has 0 spiro atoms. The minimum Gasteiger partial charge on any atom is -0.342 e. The Hall–Kier alpha value is -3.59. The van der Waals surface area contributed by atoms with E-state index in [1.165, 1.54) is 6.07 Å². The average Bonchev–Trinajstić information content (AvgIpc) is 3.11. The first-order chi connectivity index (χ1) is 15.1. The van der Waals surface area contributed by atoms with Crippen molar-refractivity contribution in [2.75, 3.05) is 0 Å². The van der Waals surface area contributed by atoms with Crippen LogP contribution in [0.25, 0.3) is 10.9 Å². The number of carbonyl (C=O) groups is 1. The van der Waals surface area contributed by atoms with Gasteiger partial charge < -0.3 is 4.57 Å². The van der Waals surface area contributed by atoms with Crippen molar-refractivity contribution in [3.05, 3.63) is 105 Å². The lowest BCUT2D eigenvalue weighted by molar-refractivity contribution is 0.0955. The maximum absolute atomic E-state index is 12.4. The predicted molar refractivity (Wildman–Crippen MR) is 124 cm³/mol. The van der Waals surface area contributed by atoms with Gasteiger partial charge in [-0.15, -0.1) is 0 Å². The highest BCUT2D eigenvalue weighted by Crippen LogP contribution is 2.23. The molecule has 0 saturated carbocycles. The molecule has 31 heavy (non-hydrogen) atoms. The molecule has 4 rings (SSSR count). The largest absolute Gasteiger partial charge is 0.342 e. The Morgan fingerprint density at radius 1 is 1.10 bits per heavy atom. The minimum atomic E-state index is -0.426. The van der Waals surface area contributed by atoms with Crippen LogP contribution in [0.1, 0.15) is 27.0 Å². The van der Waals surface area contributed by atoms with E-state index in [1.807, 2.05) is 48.7 Å². The van der Waals surface area contributed by atoms with Gasteiger partial charge in [-0.25, -0.2) is 5.43 Å². The van der Waals surface area contributed by atoms with Gasteiger partial charge in [-0.05, 0) is 35.9 Å². The summed E-state index contributed by atoms with van der Waals surface area (Å²) < 4.78 is 2.06. The summed E-state index contributed by atoms with van der Waals surface area (Å²) in [7, 11) is 0. The number of nitriles is 1. The summed E-state index contributed by atoms with van der Waals surface area (Å²) in [5.41, 5.74) is 6.21. The van der Waals surface area contributed by atoms with Crippen LogP contribution in [0.4, 0.5) is 0 Å². The first-order valence-corrected chi connectivity index (χ1v) is 10.2. The van der Waals surface area contributed by atoms with Crippen molar-refractivity contribution in [2.45, 2.75) is 6.54 Å². The summed E-state index contributed by atoms with van der Waals surface area (Å²) in [5.74, 6) is -0.426. The number of carbonyl (C=O) groups excluding carboxylic acids is 1. The van der Waals surface area contributed by atoms with Crippen molar-refractivity contribution in [1.82, 2.24) is 9.99 Å². The molecular formula is C24H16Cl2N4O. The second kappa shape index (κ2) is 9.05. The van der Waals surface area contributed by atoms with Crippen molar-refractivity contribution in [3.63, 3.8) is 0 Å². The smallest absolute Gasteiger partial charge is 0.272 e. The van der Waals surface area contributed by atoms with Gasteiger partial charge in [0.1, 0.15) is 0 Å². The highest BCUT2D eigenvalue weighted by molar-refractivity contribution is 6.36. The molecule has 0 atom stereocenters. The quantitative estimate of drug-likeness (QED) is 0.318. The van der Waals surface area contributed by atoms with Crippen LogP contribution in [0.2, 0.25) is 10.0 Å². The van der Waals surface area contributed by atoms with Crippen molar-refractivity contribution in [3.8, 4) is 6.07 Å².